The van der Waals surface area contributed by atoms with Gasteiger partial charge in [-0.1, -0.05) is 0 Å². The fourth-order valence-electron chi connectivity index (χ4n) is 2.93. The molecule has 1 aromatic rings. The number of nitrogens with zero attached hydrogens (tertiary/aromatic N) is 3. The van der Waals surface area contributed by atoms with E-state index in [4.69, 9.17) is 0 Å². The normalized spacial score (nSPS) is 18.8. The van der Waals surface area contributed by atoms with Gasteiger partial charge in [0.05, 0.1) is 16.7 Å². The molecular weight excluding hydrogens is 312 g/mol. The molecule has 1 aliphatic rings. The van der Waals surface area contributed by atoms with E-state index in [2.05, 4.69) is 10.3 Å². The number of nitrogens with one attached hydrogen (secondary N) is 1. The Morgan fingerprint density at radius 1 is 1.48 bits per heavy atom. The third-order valence-electron chi connectivity index (χ3n) is 4.29. The van der Waals surface area contributed by atoms with E-state index in [0.29, 0.717) is 19.6 Å². The number of hydrogen-bond donors (Lipinski definition) is 1. The van der Waals surface area contributed by atoms with Crippen molar-refractivity contribution in [1.29, 1.82) is 0 Å². The van der Waals surface area contributed by atoms with Crippen molar-refractivity contribution in [1.82, 2.24) is 20.1 Å². The van der Waals surface area contributed by atoms with Crippen molar-refractivity contribution < 1.29 is 9.59 Å². The lowest BCUT2D eigenvalue weighted by molar-refractivity contribution is -0.134. The standard InChI is InChI=1S/C16H26N4O2S/c1-5-19(6-2)15(21)14-8-7-9-20(14)16(22)17-11(3)13-10-23-12(4)18-13/h10-11,14H,5-9H2,1-4H3,(H,17,22)/t11-,14+/m1/s1. The summed E-state index contributed by atoms with van der Waals surface area (Å²) in [6.07, 6.45) is 1.61. The van der Waals surface area contributed by atoms with E-state index >= 15 is 0 Å². The van der Waals surface area contributed by atoms with E-state index in [1.165, 1.54) is 0 Å². The maximum atomic E-state index is 12.6. The number of hydrogen-bond acceptors (Lipinski definition) is 4. The summed E-state index contributed by atoms with van der Waals surface area (Å²) < 4.78 is 0. The Bertz CT molecular complexity index is 556. The first-order valence-electron chi connectivity index (χ1n) is 8.25. The van der Waals surface area contributed by atoms with Gasteiger partial charge in [-0.25, -0.2) is 9.78 Å². The molecule has 0 aliphatic carbocycles. The molecule has 3 amide bonds. The van der Waals surface area contributed by atoms with E-state index in [1.807, 2.05) is 33.1 Å². The Balaban J connectivity index is 2.01. The number of likely N-dealkylation sites (N-methyl/N-ethyl adjacent to an activating group) is 1. The number of aromatic nitrogens is 1. The first-order valence-corrected chi connectivity index (χ1v) is 9.13. The minimum atomic E-state index is -0.334. The van der Waals surface area contributed by atoms with Gasteiger partial charge in [0.15, 0.2) is 0 Å². The van der Waals surface area contributed by atoms with E-state index in [0.717, 1.165) is 23.5 Å². The maximum Gasteiger partial charge on any atom is 0.318 e. The van der Waals surface area contributed by atoms with Crippen LogP contribution >= 0.6 is 11.3 Å². The SMILES string of the molecule is CCN(CC)C(=O)[C@@H]1CCCN1C(=O)N[C@H](C)c1csc(C)n1. The Hall–Kier alpha value is -1.63. The zero-order valence-electron chi connectivity index (χ0n) is 14.3. The molecule has 1 saturated heterocycles. The number of carbonyl (C=O) groups excluding carboxylic acids is 2. The molecule has 1 aromatic heterocycles. The van der Waals surface area contributed by atoms with Crippen LogP contribution < -0.4 is 5.32 Å². The largest absolute Gasteiger partial charge is 0.341 e. The first kappa shape index (κ1) is 17.7. The lowest BCUT2D eigenvalue weighted by Crippen LogP contribution is -2.51. The number of amides is 3. The summed E-state index contributed by atoms with van der Waals surface area (Å²) in [5, 5.41) is 5.92. The second-order valence-corrected chi connectivity index (χ2v) is 6.89. The molecule has 0 bridgehead atoms. The summed E-state index contributed by atoms with van der Waals surface area (Å²) in [6, 6.07) is -0.664. The van der Waals surface area contributed by atoms with Crippen molar-refractivity contribution >= 4 is 23.3 Å². The van der Waals surface area contributed by atoms with Crippen molar-refractivity contribution in [3.8, 4) is 0 Å². The lowest BCUT2D eigenvalue weighted by atomic mass is 10.2. The summed E-state index contributed by atoms with van der Waals surface area (Å²) in [5.41, 5.74) is 0.867. The van der Waals surface area contributed by atoms with Crippen LogP contribution in [0.15, 0.2) is 5.38 Å². The minimum Gasteiger partial charge on any atom is -0.341 e. The highest BCUT2D eigenvalue weighted by atomic mass is 32.1. The second kappa shape index (κ2) is 7.77. The van der Waals surface area contributed by atoms with Gasteiger partial charge in [0, 0.05) is 25.0 Å². The van der Waals surface area contributed by atoms with Crippen LogP contribution in [0.5, 0.6) is 0 Å². The molecule has 0 unspecified atom stereocenters. The van der Waals surface area contributed by atoms with Gasteiger partial charge in [-0.05, 0) is 40.5 Å². The van der Waals surface area contributed by atoms with Gasteiger partial charge in [0.1, 0.15) is 6.04 Å². The molecule has 0 spiro atoms. The summed E-state index contributed by atoms with van der Waals surface area (Å²) >= 11 is 1.57. The van der Waals surface area contributed by atoms with Crippen LogP contribution in [-0.2, 0) is 4.79 Å². The molecule has 1 aliphatic heterocycles. The van der Waals surface area contributed by atoms with Crippen LogP contribution in [0.4, 0.5) is 4.79 Å². The number of likely N-dealkylation sites (tertiary alicyclic amines) is 1. The molecule has 7 heteroatoms. The van der Waals surface area contributed by atoms with Gasteiger partial charge >= 0.3 is 6.03 Å². The van der Waals surface area contributed by atoms with E-state index < -0.39 is 0 Å². The molecule has 2 rings (SSSR count). The van der Waals surface area contributed by atoms with Gasteiger partial charge in [0.2, 0.25) is 5.91 Å². The summed E-state index contributed by atoms with van der Waals surface area (Å²) in [7, 11) is 0. The quantitative estimate of drug-likeness (QED) is 0.897. The minimum absolute atomic E-state index is 0.0554. The van der Waals surface area contributed by atoms with Gasteiger partial charge in [0.25, 0.3) is 0 Å². The van der Waals surface area contributed by atoms with Crippen molar-refractivity contribution in [2.75, 3.05) is 19.6 Å². The summed E-state index contributed by atoms with van der Waals surface area (Å²) in [6.45, 7) is 9.78. The smallest absolute Gasteiger partial charge is 0.318 e. The molecule has 0 radical (unpaired) electrons. The molecular formula is C16H26N4O2S. The fraction of sp³-hybridized carbons (Fsp3) is 0.688. The molecule has 0 saturated carbocycles. The van der Waals surface area contributed by atoms with Gasteiger partial charge in [-0.15, -0.1) is 11.3 Å². The first-order chi connectivity index (χ1) is 11.0. The van der Waals surface area contributed by atoms with Crippen molar-refractivity contribution in [3.63, 3.8) is 0 Å². The third kappa shape index (κ3) is 4.02. The molecule has 23 heavy (non-hydrogen) atoms. The van der Waals surface area contributed by atoms with Crippen LogP contribution in [0.3, 0.4) is 0 Å². The number of urea groups is 1. The van der Waals surface area contributed by atoms with E-state index in [-0.39, 0.29) is 24.0 Å². The average Bonchev–Trinajstić information content (AvgIpc) is 3.16. The second-order valence-electron chi connectivity index (χ2n) is 5.82. The van der Waals surface area contributed by atoms with Crippen LogP contribution in [0.1, 0.15) is 50.4 Å². The third-order valence-corrected chi connectivity index (χ3v) is 5.09. The predicted molar refractivity (Wildman–Crippen MR) is 91.5 cm³/mol. The van der Waals surface area contributed by atoms with Crippen molar-refractivity contribution in [3.05, 3.63) is 16.1 Å². The van der Waals surface area contributed by atoms with E-state index in [1.54, 1.807) is 21.1 Å². The molecule has 6 nitrogen and oxygen atoms in total. The number of thiazole rings is 1. The highest BCUT2D eigenvalue weighted by Gasteiger charge is 2.36. The highest BCUT2D eigenvalue weighted by Crippen LogP contribution is 2.21. The van der Waals surface area contributed by atoms with Crippen molar-refractivity contribution in [2.24, 2.45) is 0 Å². The Labute approximate surface area is 141 Å². The Morgan fingerprint density at radius 3 is 2.74 bits per heavy atom. The molecule has 0 aromatic carbocycles. The van der Waals surface area contributed by atoms with Gasteiger partial charge < -0.3 is 15.1 Å². The zero-order chi connectivity index (χ0) is 17.0. The number of carbonyl (C=O) groups is 2. The zero-order valence-corrected chi connectivity index (χ0v) is 15.2. The monoisotopic (exact) mass is 338 g/mol. The van der Waals surface area contributed by atoms with E-state index in [9.17, 15) is 9.59 Å². The van der Waals surface area contributed by atoms with Crippen LogP contribution in [0, 0.1) is 6.92 Å². The molecule has 128 valence electrons. The van der Waals surface area contributed by atoms with Crippen LogP contribution in [0.2, 0.25) is 0 Å². The average molecular weight is 338 g/mol. The summed E-state index contributed by atoms with van der Waals surface area (Å²) in [4.78, 5) is 33.0. The Kier molecular flexibility index (Phi) is 5.98. The Morgan fingerprint density at radius 2 is 2.17 bits per heavy atom. The molecule has 1 fully saturated rings. The fourth-order valence-corrected chi connectivity index (χ4v) is 3.64. The number of aryl methyl sites for hydroxylation is 1. The topological polar surface area (TPSA) is 65.5 Å². The number of rotatable bonds is 5. The van der Waals surface area contributed by atoms with Crippen LogP contribution in [-0.4, -0.2) is 52.4 Å². The van der Waals surface area contributed by atoms with Gasteiger partial charge in [-0.3, -0.25) is 4.79 Å². The van der Waals surface area contributed by atoms with Gasteiger partial charge in [-0.2, -0.15) is 0 Å². The highest BCUT2D eigenvalue weighted by molar-refractivity contribution is 7.09. The van der Waals surface area contributed by atoms with Crippen LogP contribution in [0.25, 0.3) is 0 Å². The molecule has 2 heterocycles. The predicted octanol–water partition coefficient (Wildman–Crippen LogP) is 2.55. The maximum absolute atomic E-state index is 12.6. The lowest BCUT2D eigenvalue weighted by Gasteiger charge is -2.29. The van der Waals surface area contributed by atoms with Crippen molar-refractivity contribution in [2.45, 2.75) is 52.6 Å². The molecule has 1 N–H and O–H groups in total. The molecule has 2 atom stereocenters. The summed E-state index contributed by atoms with van der Waals surface area (Å²) in [5.74, 6) is 0.0554.